The van der Waals surface area contributed by atoms with Crippen molar-refractivity contribution in [2.24, 2.45) is 0 Å². The van der Waals surface area contributed by atoms with Gasteiger partial charge in [0.25, 0.3) is 10.0 Å². The second kappa shape index (κ2) is 9.33. The van der Waals surface area contributed by atoms with Gasteiger partial charge in [-0.25, -0.2) is 8.42 Å². The van der Waals surface area contributed by atoms with Crippen LogP contribution in [0.25, 0.3) is 33.2 Å². The van der Waals surface area contributed by atoms with Gasteiger partial charge in [0, 0.05) is 47.6 Å². The number of nitrogens with zero attached hydrogens (tertiary/aromatic N) is 4. The molecule has 0 aliphatic rings. The average Bonchev–Trinajstić information content (AvgIpc) is 2.90. The summed E-state index contributed by atoms with van der Waals surface area (Å²) in [4.78, 5) is 12.8. The summed E-state index contributed by atoms with van der Waals surface area (Å²) in [5.41, 5.74) is 5.59. The molecule has 2 aromatic carbocycles. The van der Waals surface area contributed by atoms with Gasteiger partial charge in [-0.05, 0) is 70.8 Å². The Morgan fingerprint density at radius 1 is 0.800 bits per heavy atom. The molecule has 8 heteroatoms. The number of pyridine rings is 3. The predicted octanol–water partition coefficient (Wildman–Crippen LogP) is 5.23. The van der Waals surface area contributed by atoms with Crippen LogP contribution in [0.4, 0.5) is 5.69 Å². The zero-order valence-corrected chi connectivity index (χ0v) is 19.3. The molecule has 0 unspecified atom stereocenters. The molecule has 5 aromatic rings. The Morgan fingerprint density at radius 2 is 1.60 bits per heavy atom. The maximum absolute atomic E-state index is 13.0. The molecule has 170 valence electrons. The van der Waals surface area contributed by atoms with Crippen LogP contribution in [0.15, 0.2) is 103 Å². The molecule has 0 saturated carbocycles. The van der Waals surface area contributed by atoms with Crippen LogP contribution in [0.3, 0.4) is 0 Å². The van der Waals surface area contributed by atoms with E-state index in [0.29, 0.717) is 11.3 Å². The highest BCUT2D eigenvalue weighted by Gasteiger charge is 2.16. The highest BCUT2D eigenvalue weighted by molar-refractivity contribution is 7.92. The van der Waals surface area contributed by atoms with Gasteiger partial charge in [-0.15, -0.1) is 0 Å². The molecule has 0 amide bonds. The summed E-state index contributed by atoms with van der Waals surface area (Å²) in [7, 11) is -3.86. The van der Waals surface area contributed by atoms with Gasteiger partial charge in [-0.1, -0.05) is 18.2 Å². The Labute approximate surface area is 202 Å². The third-order valence-corrected chi connectivity index (χ3v) is 6.93. The zero-order valence-electron chi connectivity index (χ0n) is 18.5. The molecule has 0 bridgehead atoms. The first-order valence-corrected chi connectivity index (χ1v) is 12.3. The van der Waals surface area contributed by atoms with Gasteiger partial charge in [0.05, 0.1) is 18.0 Å². The highest BCUT2D eigenvalue weighted by atomic mass is 32.2. The second-order valence-electron chi connectivity index (χ2n) is 7.87. The van der Waals surface area contributed by atoms with Gasteiger partial charge >= 0.3 is 0 Å². The number of sulfonamides is 1. The van der Waals surface area contributed by atoms with E-state index in [1.165, 1.54) is 6.20 Å². The van der Waals surface area contributed by atoms with Crippen molar-refractivity contribution in [1.82, 2.24) is 15.0 Å². The SMILES string of the molecule is N#CCc1ccc(NS(=O)(=O)c2cncc(-c3ccc4nccc(-c5ccncc5)c4c3)c2)cc1. The molecule has 0 aliphatic carbocycles. The smallest absolute Gasteiger partial charge is 0.263 e. The van der Waals surface area contributed by atoms with E-state index >= 15 is 0 Å². The summed E-state index contributed by atoms with van der Waals surface area (Å²) in [5.74, 6) is 0. The Hall–Kier alpha value is -4.61. The van der Waals surface area contributed by atoms with Crippen molar-refractivity contribution in [3.63, 3.8) is 0 Å². The first-order chi connectivity index (χ1) is 17.0. The molecule has 0 fully saturated rings. The third kappa shape index (κ3) is 4.71. The number of aromatic nitrogens is 3. The van der Waals surface area contributed by atoms with Gasteiger partial charge < -0.3 is 0 Å². The highest BCUT2D eigenvalue weighted by Crippen LogP contribution is 2.31. The van der Waals surface area contributed by atoms with Crippen molar-refractivity contribution >= 4 is 26.6 Å². The maximum atomic E-state index is 13.0. The van der Waals surface area contributed by atoms with Crippen LogP contribution < -0.4 is 4.72 Å². The fraction of sp³-hybridized carbons (Fsp3) is 0.0370. The van der Waals surface area contributed by atoms with Crippen LogP contribution in [0.1, 0.15) is 5.56 Å². The van der Waals surface area contributed by atoms with E-state index in [-0.39, 0.29) is 11.3 Å². The zero-order chi connectivity index (χ0) is 24.3. The van der Waals surface area contributed by atoms with Crippen LogP contribution in [0.5, 0.6) is 0 Å². The number of hydrogen-bond acceptors (Lipinski definition) is 6. The minimum atomic E-state index is -3.86. The minimum absolute atomic E-state index is 0.0525. The largest absolute Gasteiger partial charge is 0.280 e. The fourth-order valence-electron chi connectivity index (χ4n) is 3.83. The van der Waals surface area contributed by atoms with E-state index in [2.05, 4.69) is 25.7 Å². The van der Waals surface area contributed by atoms with Gasteiger partial charge in [0.15, 0.2) is 0 Å². The van der Waals surface area contributed by atoms with E-state index in [1.807, 2.05) is 36.4 Å². The molecule has 3 heterocycles. The molecule has 0 radical (unpaired) electrons. The number of nitrogens with one attached hydrogen (secondary N) is 1. The fourth-order valence-corrected chi connectivity index (χ4v) is 4.87. The molecule has 0 saturated heterocycles. The van der Waals surface area contributed by atoms with Crippen LogP contribution in [-0.2, 0) is 16.4 Å². The van der Waals surface area contributed by atoms with Gasteiger partial charge in [-0.3, -0.25) is 19.7 Å². The topological polar surface area (TPSA) is 109 Å². The molecule has 35 heavy (non-hydrogen) atoms. The lowest BCUT2D eigenvalue weighted by Gasteiger charge is -2.11. The van der Waals surface area contributed by atoms with Crippen LogP contribution in [0, 0.1) is 11.3 Å². The van der Waals surface area contributed by atoms with E-state index in [4.69, 9.17) is 5.26 Å². The molecule has 1 N–H and O–H groups in total. The number of rotatable bonds is 6. The Balaban J connectivity index is 1.49. The predicted molar refractivity (Wildman–Crippen MR) is 135 cm³/mol. The molecular weight excluding hydrogens is 458 g/mol. The van der Waals surface area contributed by atoms with E-state index in [9.17, 15) is 8.42 Å². The molecule has 0 atom stereocenters. The number of nitriles is 1. The van der Waals surface area contributed by atoms with Crippen molar-refractivity contribution in [2.75, 3.05) is 4.72 Å². The van der Waals surface area contributed by atoms with Crippen molar-refractivity contribution in [1.29, 1.82) is 5.26 Å². The normalized spacial score (nSPS) is 11.2. The Morgan fingerprint density at radius 3 is 2.37 bits per heavy atom. The molecule has 7 nitrogen and oxygen atoms in total. The monoisotopic (exact) mass is 477 g/mol. The molecule has 0 aliphatic heterocycles. The van der Waals surface area contributed by atoms with Crippen molar-refractivity contribution in [3.8, 4) is 28.3 Å². The summed E-state index contributed by atoms with van der Waals surface area (Å²) in [5, 5.41) is 9.75. The lowest BCUT2D eigenvalue weighted by molar-refractivity contribution is 0.601. The lowest BCUT2D eigenvalue weighted by atomic mass is 9.98. The van der Waals surface area contributed by atoms with E-state index in [1.54, 1.807) is 55.1 Å². The van der Waals surface area contributed by atoms with E-state index < -0.39 is 10.0 Å². The van der Waals surface area contributed by atoms with Gasteiger partial charge in [0.2, 0.25) is 0 Å². The van der Waals surface area contributed by atoms with Crippen molar-refractivity contribution < 1.29 is 8.42 Å². The second-order valence-corrected chi connectivity index (χ2v) is 9.56. The molecule has 0 spiro atoms. The van der Waals surface area contributed by atoms with Crippen molar-refractivity contribution in [3.05, 3.63) is 103 Å². The minimum Gasteiger partial charge on any atom is -0.280 e. The third-order valence-electron chi connectivity index (χ3n) is 5.58. The first kappa shape index (κ1) is 22.2. The first-order valence-electron chi connectivity index (χ1n) is 10.8. The molecular formula is C27H19N5O2S. The summed E-state index contributed by atoms with van der Waals surface area (Å²) in [6.07, 6.45) is 8.48. The van der Waals surface area contributed by atoms with E-state index in [0.717, 1.165) is 33.2 Å². The van der Waals surface area contributed by atoms with Gasteiger partial charge in [0.1, 0.15) is 4.90 Å². The lowest BCUT2D eigenvalue weighted by Crippen LogP contribution is -2.13. The van der Waals surface area contributed by atoms with Gasteiger partial charge in [-0.2, -0.15) is 5.26 Å². The number of benzene rings is 2. The average molecular weight is 478 g/mol. The Kier molecular flexibility index (Phi) is 5.92. The summed E-state index contributed by atoms with van der Waals surface area (Å²) >= 11 is 0. The molecule has 5 rings (SSSR count). The summed E-state index contributed by atoms with van der Waals surface area (Å²) in [6.45, 7) is 0. The number of hydrogen-bond donors (Lipinski definition) is 1. The summed E-state index contributed by atoms with van der Waals surface area (Å²) < 4.78 is 28.6. The quantitative estimate of drug-likeness (QED) is 0.359. The standard InChI is InChI=1S/C27H19N5O2S/c28-11-7-19-1-4-23(5-2-19)32-35(33,34)24-15-22(17-30-18-24)21-3-6-27-26(16-21)25(10-14-31-27)20-8-12-29-13-9-20/h1-6,8-10,12-18,32H,7H2. The Bertz CT molecular complexity index is 1660. The van der Waals surface area contributed by atoms with Crippen molar-refractivity contribution in [2.45, 2.75) is 11.3 Å². The maximum Gasteiger partial charge on any atom is 0.263 e. The summed E-state index contributed by atoms with van der Waals surface area (Å²) in [6, 6.07) is 22.0. The van der Waals surface area contributed by atoms with Crippen LogP contribution in [-0.4, -0.2) is 23.4 Å². The number of anilines is 1. The number of fused-ring (bicyclic) bond motifs is 1. The van der Waals surface area contributed by atoms with Crippen LogP contribution in [0.2, 0.25) is 0 Å². The molecule has 3 aromatic heterocycles. The van der Waals surface area contributed by atoms with Crippen LogP contribution >= 0.6 is 0 Å².